The fourth-order valence-electron chi connectivity index (χ4n) is 8.17. The Morgan fingerprint density at radius 3 is 1.83 bits per heavy atom. The Balaban J connectivity index is 1.19. The number of hydrogen-bond donors (Lipinski definition) is 0. The summed E-state index contributed by atoms with van der Waals surface area (Å²) in [6, 6.07) is 64.9. The van der Waals surface area contributed by atoms with Crippen molar-refractivity contribution < 1.29 is 0 Å². The van der Waals surface area contributed by atoms with Crippen molar-refractivity contribution in [2.24, 2.45) is 0 Å². The minimum atomic E-state index is 0.709. The Labute approximate surface area is 299 Å². The van der Waals surface area contributed by atoms with Crippen LogP contribution in [0.3, 0.4) is 0 Å². The summed E-state index contributed by atoms with van der Waals surface area (Å²) >= 11 is 0. The van der Waals surface area contributed by atoms with Crippen molar-refractivity contribution >= 4 is 65.3 Å². The molecule has 0 N–H and O–H groups in total. The first kappa shape index (κ1) is 28.8. The fraction of sp³-hybridized carbons (Fsp3) is 0. The van der Waals surface area contributed by atoms with E-state index in [2.05, 4.69) is 179 Å². The van der Waals surface area contributed by atoms with E-state index in [1.165, 1.54) is 43.4 Å². The molecule has 0 unspecified atom stereocenters. The maximum atomic E-state index is 5.20. The third-order valence-corrected chi connectivity index (χ3v) is 10.5. The van der Waals surface area contributed by atoms with Gasteiger partial charge in [0.1, 0.15) is 0 Å². The molecule has 0 aliphatic rings. The van der Waals surface area contributed by atoms with Crippen molar-refractivity contribution in [1.29, 1.82) is 0 Å². The lowest BCUT2D eigenvalue weighted by atomic mass is 10.0. The highest BCUT2D eigenvalue weighted by Gasteiger charge is 2.20. The molecule has 4 heteroatoms. The van der Waals surface area contributed by atoms with Crippen molar-refractivity contribution in [3.8, 4) is 34.0 Å². The maximum Gasteiger partial charge on any atom is 0.160 e. The molecule has 0 spiro atoms. The van der Waals surface area contributed by atoms with Crippen LogP contribution in [-0.2, 0) is 0 Å². The molecule has 242 valence electrons. The molecule has 0 fully saturated rings. The van der Waals surface area contributed by atoms with E-state index in [0.717, 1.165) is 50.1 Å². The average molecular weight is 663 g/mol. The molecule has 52 heavy (non-hydrogen) atoms. The van der Waals surface area contributed by atoms with Gasteiger partial charge in [0.2, 0.25) is 0 Å². The summed E-state index contributed by atoms with van der Waals surface area (Å²) in [7, 11) is 0. The maximum absolute atomic E-state index is 5.20. The summed E-state index contributed by atoms with van der Waals surface area (Å²) in [5.74, 6) is 0.709. The van der Waals surface area contributed by atoms with Crippen molar-refractivity contribution in [2.75, 3.05) is 0 Å². The van der Waals surface area contributed by atoms with Crippen LogP contribution in [0.1, 0.15) is 0 Å². The van der Waals surface area contributed by atoms with E-state index in [9.17, 15) is 0 Å². The quantitative estimate of drug-likeness (QED) is 0.188. The molecule has 0 saturated heterocycles. The van der Waals surface area contributed by atoms with Crippen LogP contribution in [0.15, 0.2) is 182 Å². The number of fused-ring (bicyclic) bond motifs is 9. The van der Waals surface area contributed by atoms with Gasteiger partial charge >= 0.3 is 0 Å². The summed E-state index contributed by atoms with van der Waals surface area (Å²) in [4.78, 5) is 10.3. The second-order valence-electron chi connectivity index (χ2n) is 13.4. The van der Waals surface area contributed by atoms with Gasteiger partial charge in [-0.25, -0.2) is 9.97 Å². The van der Waals surface area contributed by atoms with Gasteiger partial charge in [0.25, 0.3) is 0 Å². The van der Waals surface area contributed by atoms with Gasteiger partial charge in [-0.1, -0.05) is 133 Å². The standard InChI is InChI=1S/C48H30N4/c1-3-15-32(16-4-1)46-39-23-9-11-24-42(39)49-48(50-46)33-17-13-20-35(28-33)51-43-25-12-10-22-37(43)40-29-45-41(30-44(40)51)38-27-26-31-14-7-8-21-36(31)47(38)52(45)34-18-5-2-6-19-34/h1-30H. The first-order valence-corrected chi connectivity index (χ1v) is 17.7. The number of aromatic nitrogens is 4. The number of nitrogens with zero attached hydrogens (tertiary/aromatic N) is 4. The highest BCUT2D eigenvalue weighted by atomic mass is 15.0. The predicted molar refractivity (Wildman–Crippen MR) is 217 cm³/mol. The SMILES string of the molecule is c1ccc(-c2nc(-c3cccc(-n4c5ccccc5c5cc6c(cc54)c4ccc5ccccc5c4n6-c4ccccc4)c3)nc3ccccc23)cc1. The molecule has 11 rings (SSSR count). The molecule has 0 aliphatic heterocycles. The Kier molecular flexibility index (Phi) is 6.22. The van der Waals surface area contributed by atoms with Gasteiger partial charge < -0.3 is 9.13 Å². The zero-order valence-corrected chi connectivity index (χ0v) is 28.1. The van der Waals surface area contributed by atoms with E-state index in [1.54, 1.807) is 0 Å². The zero-order chi connectivity index (χ0) is 34.2. The first-order valence-electron chi connectivity index (χ1n) is 17.7. The fourth-order valence-corrected chi connectivity index (χ4v) is 8.17. The van der Waals surface area contributed by atoms with Crippen molar-refractivity contribution in [1.82, 2.24) is 19.1 Å². The summed E-state index contributed by atoms with van der Waals surface area (Å²) < 4.78 is 4.85. The largest absolute Gasteiger partial charge is 0.309 e. The van der Waals surface area contributed by atoms with E-state index in [-0.39, 0.29) is 0 Å². The molecule has 0 atom stereocenters. The molecule has 3 heterocycles. The Bertz CT molecular complexity index is 3170. The smallest absolute Gasteiger partial charge is 0.160 e. The average Bonchev–Trinajstić information content (AvgIpc) is 3.72. The Morgan fingerprint density at radius 1 is 0.346 bits per heavy atom. The topological polar surface area (TPSA) is 35.6 Å². The van der Waals surface area contributed by atoms with Gasteiger partial charge in [0, 0.05) is 54.8 Å². The third-order valence-electron chi connectivity index (χ3n) is 10.5. The minimum absolute atomic E-state index is 0.709. The Morgan fingerprint density at radius 2 is 0.981 bits per heavy atom. The van der Waals surface area contributed by atoms with E-state index in [0.29, 0.717) is 5.82 Å². The molecule has 11 aromatic rings. The lowest BCUT2D eigenvalue weighted by molar-refractivity contribution is 1.17. The summed E-state index contributed by atoms with van der Waals surface area (Å²) in [6.45, 7) is 0. The van der Waals surface area contributed by atoms with Gasteiger partial charge in [-0.15, -0.1) is 0 Å². The van der Waals surface area contributed by atoms with Crippen LogP contribution in [0, 0.1) is 0 Å². The summed E-state index contributed by atoms with van der Waals surface area (Å²) in [5, 5.41) is 8.42. The van der Waals surface area contributed by atoms with Gasteiger partial charge in [-0.05, 0) is 53.9 Å². The number of benzene rings is 8. The monoisotopic (exact) mass is 662 g/mol. The van der Waals surface area contributed by atoms with E-state index < -0.39 is 0 Å². The van der Waals surface area contributed by atoms with Crippen molar-refractivity contribution in [3.05, 3.63) is 182 Å². The zero-order valence-electron chi connectivity index (χ0n) is 28.1. The van der Waals surface area contributed by atoms with Gasteiger partial charge in [-0.2, -0.15) is 0 Å². The molecule has 0 saturated carbocycles. The molecule has 8 aromatic carbocycles. The molecular formula is C48H30N4. The molecule has 0 radical (unpaired) electrons. The normalized spacial score (nSPS) is 11.8. The molecule has 3 aromatic heterocycles. The predicted octanol–water partition coefficient (Wildman–Crippen LogP) is 12.3. The van der Waals surface area contributed by atoms with Crippen LogP contribution in [-0.4, -0.2) is 19.1 Å². The van der Waals surface area contributed by atoms with Gasteiger partial charge in [0.05, 0.1) is 33.3 Å². The van der Waals surface area contributed by atoms with Crippen LogP contribution in [0.2, 0.25) is 0 Å². The minimum Gasteiger partial charge on any atom is -0.309 e. The molecule has 0 bridgehead atoms. The van der Waals surface area contributed by atoms with Crippen molar-refractivity contribution in [2.45, 2.75) is 0 Å². The lowest BCUT2D eigenvalue weighted by Crippen LogP contribution is -1.98. The molecular weight excluding hydrogens is 633 g/mol. The Hall–Kier alpha value is -7.04. The number of hydrogen-bond acceptors (Lipinski definition) is 2. The van der Waals surface area contributed by atoms with Crippen LogP contribution in [0.5, 0.6) is 0 Å². The van der Waals surface area contributed by atoms with Crippen LogP contribution in [0.25, 0.3) is 99.3 Å². The van der Waals surface area contributed by atoms with E-state index >= 15 is 0 Å². The first-order chi connectivity index (χ1) is 25.8. The van der Waals surface area contributed by atoms with Crippen LogP contribution in [0.4, 0.5) is 0 Å². The van der Waals surface area contributed by atoms with Crippen molar-refractivity contribution in [3.63, 3.8) is 0 Å². The van der Waals surface area contributed by atoms with Crippen LogP contribution < -0.4 is 0 Å². The summed E-state index contributed by atoms with van der Waals surface area (Å²) in [5.41, 5.74) is 10.9. The van der Waals surface area contributed by atoms with Gasteiger partial charge in [-0.3, -0.25) is 0 Å². The van der Waals surface area contributed by atoms with Crippen LogP contribution >= 0.6 is 0 Å². The lowest BCUT2D eigenvalue weighted by Gasteiger charge is -2.12. The molecule has 0 amide bonds. The highest BCUT2D eigenvalue weighted by molar-refractivity contribution is 6.23. The van der Waals surface area contributed by atoms with E-state index in [4.69, 9.17) is 9.97 Å². The second kappa shape index (κ2) is 11.2. The van der Waals surface area contributed by atoms with Gasteiger partial charge in [0.15, 0.2) is 5.82 Å². The summed E-state index contributed by atoms with van der Waals surface area (Å²) in [6.07, 6.45) is 0. The number of rotatable bonds is 4. The van der Waals surface area contributed by atoms with E-state index in [1.807, 2.05) is 12.1 Å². The third kappa shape index (κ3) is 4.28. The second-order valence-corrected chi connectivity index (χ2v) is 13.4. The highest BCUT2D eigenvalue weighted by Crippen LogP contribution is 2.42. The number of para-hydroxylation sites is 3. The molecule has 4 nitrogen and oxygen atoms in total. The molecule has 0 aliphatic carbocycles.